The molecule has 3 aromatic rings. The van der Waals surface area contributed by atoms with Crippen LogP contribution in [0.25, 0.3) is 10.9 Å². The lowest BCUT2D eigenvalue weighted by atomic mass is 10.2. The summed E-state index contributed by atoms with van der Waals surface area (Å²) in [5.41, 5.74) is 6.49. The van der Waals surface area contributed by atoms with Crippen LogP contribution in [0, 0.1) is 0 Å². The van der Waals surface area contributed by atoms with Crippen molar-refractivity contribution in [3.63, 3.8) is 0 Å². The highest BCUT2D eigenvalue weighted by Gasteiger charge is 2.16. The predicted molar refractivity (Wildman–Crippen MR) is 102 cm³/mol. The number of fused-ring (bicyclic) bond motifs is 1. The van der Waals surface area contributed by atoms with E-state index >= 15 is 0 Å². The molecule has 6 nitrogen and oxygen atoms in total. The fraction of sp³-hybridized carbons (Fsp3) is 0.118. The number of hydrogen-bond donors (Lipinski definition) is 2. The van der Waals surface area contributed by atoms with Crippen molar-refractivity contribution in [2.45, 2.75) is 6.54 Å². The highest BCUT2D eigenvalue weighted by atomic mass is 35.5. The molecule has 0 atom stereocenters. The maximum atomic E-state index is 10.5. The summed E-state index contributed by atoms with van der Waals surface area (Å²) in [5.74, 6) is 0.689. The van der Waals surface area contributed by atoms with Gasteiger partial charge >= 0.3 is 0 Å². The van der Waals surface area contributed by atoms with E-state index in [0.29, 0.717) is 29.6 Å². The van der Waals surface area contributed by atoms with Crippen molar-refractivity contribution in [2.24, 2.45) is 16.0 Å². The number of nitrogens with two attached hydrogens (primary N) is 1. The van der Waals surface area contributed by atoms with Gasteiger partial charge in [-0.1, -0.05) is 29.8 Å². The van der Waals surface area contributed by atoms with E-state index in [9.17, 15) is 5.11 Å². The summed E-state index contributed by atoms with van der Waals surface area (Å²) < 4.78 is 7.40. The predicted octanol–water partition coefficient (Wildman–Crippen LogP) is 4.41. The second kappa shape index (κ2) is 7.50. The van der Waals surface area contributed by atoms with Gasteiger partial charge in [-0.25, -0.2) is 0 Å². The van der Waals surface area contributed by atoms with Crippen LogP contribution in [0.3, 0.4) is 0 Å². The maximum absolute atomic E-state index is 10.5. The Morgan fingerprint density at radius 1 is 1.20 bits per heavy atom. The Labute approximate surface area is 154 Å². The molecule has 3 N–H and O–H groups in total. The second-order valence-electron chi connectivity index (χ2n) is 5.18. The average Bonchev–Trinajstić information content (AvgIpc) is 2.86. The number of halogens is 1. The van der Waals surface area contributed by atoms with Crippen molar-refractivity contribution in [2.75, 3.05) is 6.61 Å². The number of thiocarbonyl (C=S) groups is 1. The fourth-order valence-electron chi connectivity index (χ4n) is 2.48. The molecule has 0 saturated carbocycles. The summed E-state index contributed by atoms with van der Waals surface area (Å²) in [7, 11) is 0. The van der Waals surface area contributed by atoms with Crippen molar-refractivity contribution < 1.29 is 9.84 Å². The SMILES string of the molecule is NC(=S)N=Nc1c(O)n(CCOc2ccc(Cl)cc2)c2ccccc12. The van der Waals surface area contributed by atoms with Gasteiger partial charge in [0.25, 0.3) is 0 Å². The molecule has 1 heterocycles. The second-order valence-corrected chi connectivity index (χ2v) is 6.04. The zero-order chi connectivity index (χ0) is 17.8. The van der Waals surface area contributed by atoms with Crippen LogP contribution in [-0.2, 0) is 6.54 Å². The van der Waals surface area contributed by atoms with Crippen molar-refractivity contribution in [3.8, 4) is 11.6 Å². The molecule has 128 valence electrons. The van der Waals surface area contributed by atoms with Gasteiger partial charge in [-0.15, -0.1) is 10.2 Å². The summed E-state index contributed by atoms with van der Waals surface area (Å²) in [6, 6.07) is 14.6. The van der Waals surface area contributed by atoms with Gasteiger partial charge in [-0.3, -0.25) is 0 Å². The third kappa shape index (κ3) is 3.89. The molecule has 0 bridgehead atoms. The number of ether oxygens (including phenoxy) is 1. The molecule has 0 aliphatic heterocycles. The zero-order valence-corrected chi connectivity index (χ0v) is 14.7. The van der Waals surface area contributed by atoms with Gasteiger partial charge in [0.15, 0.2) is 5.69 Å². The molecule has 2 aromatic carbocycles. The molecule has 0 amide bonds. The topological polar surface area (TPSA) is 85.1 Å². The lowest BCUT2D eigenvalue weighted by Crippen LogP contribution is -2.07. The lowest BCUT2D eigenvalue weighted by Gasteiger charge is -2.09. The Morgan fingerprint density at radius 2 is 1.92 bits per heavy atom. The van der Waals surface area contributed by atoms with Crippen molar-refractivity contribution in [1.82, 2.24) is 4.57 Å². The number of azo groups is 1. The molecule has 0 aliphatic carbocycles. The van der Waals surface area contributed by atoms with E-state index in [-0.39, 0.29) is 11.0 Å². The standard InChI is InChI=1S/C17H15ClN4O2S/c18-11-5-7-12(8-6-11)24-10-9-22-14-4-2-1-3-13(14)15(16(22)23)20-21-17(19)25/h1-8,23H,9-10H2,(H2,19,25). The Balaban J connectivity index is 1.84. The molecular formula is C17H15ClN4O2S. The summed E-state index contributed by atoms with van der Waals surface area (Å²) in [6.45, 7) is 0.789. The number of nitrogens with zero attached hydrogens (tertiary/aromatic N) is 3. The van der Waals surface area contributed by atoms with Crippen LogP contribution in [0.5, 0.6) is 11.6 Å². The summed E-state index contributed by atoms with van der Waals surface area (Å²) in [6.07, 6.45) is 0. The molecule has 0 radical (unpaired) electrons. The summed E-state index contributed by atoms with van der Waals surface area (Å²) in [5, 5.41) is 19.5. The molecular weight excluding hydrogens is 360 g/mol. The molecule has 0 spiro atoms. The number of aromatic hydroxyl groups is 1. The third-order valence-electron chi connectivity index (χ3n) is 3.56. The number of benzene rings is 2. The number of rotatable bonds is 5. The smallest absolute Gasteiger partial charge is 0.220 e. The van der Waals surface area contributed by atoms with Crippen molar-refractivity contribution >= 4 is 45.5 Å². The molecule has 0 unspecified atom stereocenters. The quantitative estimate of drug-likeness (QED) is 0.511. The van der Waals surface area contributed by atoms with E-state index in [4.69, 9.17) is 34.3 Å². The Kier molecular flexibility index (Phi) is 5.16. The van der Waals surface area contributed by atoms with Gasteiger partial charge in [-0.2, -0.15) is 0 Å². The van der Waals surface area contributed by atoms with E-state index < -0.39 is 0 Å². The van der Waals surface area contributed by atoms with Crippen LogP contribution in [0.2, 0.25) is 5.02 Å². The average molecular weight is 375 g/mol. The van der Waals surface area contributed by atoms with Crippen LogP contribution in [0.15, 0.2) is 58.8 Å². The first-order valence-electron chi connectivity index (χ1n) is 7.46. The normalized spacial score (nSPS) is 11.2. The monoisotopic (exact) mass is 374 g/mol. The molecule has 1 aromatic heterocycles. The van der Waals surface area contributed by atoms with Crippen LogP contribution >= 0.6 is 23.8 Å². The minimum Gasteiger partial charge on any atom is -0.493 e. The van der Waals surface area contributed by atoms with E-state index in [0.717, 1.165) is 10.9 Å². The fourth-order valence-corrected chi connectivity index (χ4v) is 2.65. The maximum Gasteiger partial charge on any atom is 0.220 e. The van der Waals surface area contributed by atoms with Crippen molar-refractivity contribution in [1.29, 1.82) is 0 Å². The van der Waals surface area contributed by atoms with Crippen LogP contribution < -0.4 is 10.5 Å². The first kappa shape index (κ1) is 17.2. The summed E-state index contributed by atoms with van der Waals surface area (Å²) in [4.78, 5) is 0. The summed E-state index contributed by atoms with van der Waals surface area (Å²) >= 11 is 10.6. The zero-order valence-electron chi connectivity index (χ0n) is 13.1. The van der Waals surface area contributed by atoms with E-state index in [1.54, 1.807) is 28.8 Å². The Bertz CT molecular complexity index is 938. The van der Waals surface area contributed by atoms with Crippen LogP contribution in [0.1, 0.15) is 0 Å². The van der Waals surface area contributed by atoms with E-state index in [1.165, 1.54) is 0 Å². The van der Waals surface area contributed by atoms with Gasteiger partial charge < -0.3 is 20.1 Å². The van der Waals surface area contributed by atoms with Gasteiger partial charge in [0.2, 0.25) is 11.0 Å². The number of hydrogen-bond acceptors (Lipinski definition) is 4. The first-order valence-corrected chi connectivity index (χ1v) is 8.24. The minimum absolute atomic E-state index is 0.0130. The minimum atomic E-state index is -0.0951. The molecule has 8 heteroatoms. The molecule has 0 fully saturated rings. The van der Waals surface area contributed by atoms with Crippen LogP contribution in [0.4, 0.5) is 5.69 Å². The van der Waals surface area contributed by atoms with Gasteiger partial charge in [0, 0.05) is 10.4 Å². The van der Waals surface area contributed by atoms with Crippen LogP contribution in [-0.4, -0.2) is 21.4 Å². The number of para-hydroxylation sites is 1. The van der Waals surface area contributed by atoms with Gasteiger partial charge in [0.05, 0.1) is 12.1 Å². The van der Waals surface area contributed by atoms with E-state index in [1.807, 2.05) is 24.3 Å². The molecule has 0 aliphatic rings. The molecule has 25 heavy (non-hydrogen) atoms. The highest BCUT2D eigenvalue weighted by Crippen LogP contribution is 2.38. The first-order chi connectivity index (χ1) is 12.1. The highest BCUT2D eigenvalue weighted by molar-refractivity contribution is 7.80. The van der Waals surface area contributed by atoms with Gasteiger partial charge in [0.1, 0.15) is 12.4 Å². The Morgan fingerprint density at radius 3 is 2.64 bits per heavy atom. The number of aromatic nitrogens is 1. The third-order valence-corrected chi connectivity index (χ3v) is 3.90. The molecule has 3 rings (SSSR count). The van der Waals surface area contributed by atoms with Crippen molar-refractivity contribution in [3.05, 3.63) is 53.6 Å². The largest absolute Gasteiger partial charge is 0.493 e. The van der Waals surface area contributed by atoms with Gasteiger partial charge in [-0.05, 0) is 42.5 Å². The Hall–Kier alpha value is -2.64. The van der Waals surface area contributed by atoms with E-state index in [2.05, 4.69) is 10.2 Å². The molecule has 0 saturated heterocycles. The lowest BCUT2D eigenvalue weighted by molar-refractivity contribution is 0.290.